The van der Waals surface area contributed by atoms with Gasteiger partial charge >= 0.3 is 19.8 Å². The van der Waals surface area contributed by atoms with E-state index in [-0.39, 0.29) is 38.6 Å². The molecule has 9 nitrogen and oxygen atoms in total. The third-order valence-corrected chi connectivity index (χ3v) is 18.6. The molecular weight excluding hydrogens is 1150 g/mol. The fraction of sp³-hybridized carbons (Fsp3) is 0.827. The Morgan fingerprint density at radius 3 is 0.901 bits per heavy atom. The first-order chi connectivity index (χ1) is 44.8. The van der Waals surface area contributed by atoms with Gasteiger partial charge < -0.3 is 20.1 Å². The first kappa shape index (κ1) is 88.5. The van der Waals surface area contributed by atoms with E-state index in [1.165, 1.54) is 295 Å². The maximum atomic E-state index is 12.8. The van der Waals surface area contributed by atoms with Crippen LogP contribution in [0.1, 0.15) is 399 Å². The number of nitrogens with two attached hydrogens (primary N) is 1. The van der Waals surface area contributed by atoms with Crippen molar-refractivity contribution in [3.8, 4) is 0 Å². The fourth-order valence-corrected chi connectivity index (χ4v) is 12.6. The normalized spacial score (nSPS) is 13.2. The Morgan fingerprint density at radius 1 is 0.341 bits per heavy atom. The smallest absolute Gasteiger partial charge is 0.462 e. The molecule has 0 aliphatic rings. The first-order valence-corrected chi connectivity index (χ1v) is 40.9. The van der Waals surface area contributed by atoms with E-state index in [0.717, 1.165) is 70.6 Å². The predicted octanol–water partition coefficient (Wildman–Crippen LogP) is 26.3. The molecule has 91 heavy (non-hydrogen) atoms. The van der Waals surface area contributed by atoms with Gasteiger partial charge in [-0.1, -0.05) is 395 Å². The minimum atomic E-state index is -4.39. The molecule has 0 aromatic rings. The van der Waals surface area contributed by atoms with Gasteiger partial charge in [0.1, 0.15) is 6.61 Å². The summed E-state index contributed by atoms with van der Waals surface area (Å²) in [4.78, 5) is 35.4. The molecule has 0 aliphatic heterocycles. The maximum Gasteiger partial charge on any atom is 0.472 e. The Labute approximate surface area is 564 Å². The van der Waals surface area contributed by atoms with E-state index in [1.54, 1.807) is 0 Å². The molecule has 0 bridgehead atoms. The van der Waals surface area contributed by atoms with Crippen molar-refractivity contribution in [2.75, 3.05) is 26.4 Å². The number of hydrogen-bond donors (Lipinski definition) is 2. The largest absolute Gasteiger partial charge is 0.472 e. The molecule has 0 radical (unpaired) electrons. The minimum absolute atomic E-state index is 0.0554. The van der Waals surface area contributed by atoms with Gasteiger partial charge in [-0.3, -0.25) is 18.6 Å². The zero-order chi connectivity index (χ0) is 65.8. The van der Waals surface area contributed by atoms with Gasteiger partial charge in [0.2, 0.25) is 0 Å². The van der Waals surface area contributed by atoms with Crippen molar-refractivity contribution in [1.82, 2.24) is 0 Å². The summed E-state index contributed by atoms with van der Waals surface area (Å²) in [5.41, 5.74) is 5.41. The number of esters is 2. The van der Waals surface area contributed by atoms with Gasteiger partial charge in [-0.25, -0.2) is 4.57 Å². The zero-order valence-electron chi connectivity index (χ0n) is 60.1. The van der Waals surface area contributed by atoms with Crippen LogP contribution < -0.4 is 5.73 Å². The van der Waals surface area contributed by atoms with Crippen LogP contribution in [0.15, 0.2) is 72.9 Å². The summed E-state index contributed by atoms with van der Waals surface area (Å²) in [6.45, 7) is 3.71. The summed E-state index contributed by atoms with van der Waals surface area (Å²) < 4.78 is 33.3. The Morgan fingerprint density at radius 2 is 0.604 bits per heavy atom. The summed E-state index contributed by atoms with van der Waals surface area (Å²) in [5, 5.41) is 0. The van der Waals surface area contributed by atoms with E-state index in [0.29, 0.717) is 6.42 Å². The number of ether oxygens (including phenoxy) is 2. The van der Waals surface area contributed by atoms with Crippen molar-refractivity contribution in [2.24, 2.45) is 5.73 Å². The topological polar surface area (TPSA) is 134 Å². The van der Waals surface area contributed by atoms with Crippen LogP contribution in [0.5, 0.6) is 0 Å². The molecule has 0 amide bonds. The molecule has 0 fully saturated rings. The number of allylic oxidation sites excluding steroid dienone is 12. The Bertz CT molecular complexity index is 1720. The van der Waals surface area contributed by atoms with Gasteiger partial charge in [0.25, 0.3) is 0 Å². The summed E-state index contributed by atoms with van der Waals surface area (Å²) in [5.74, 6) is -0.803. The van der Waals surface area contributed by atoms with Gasteiger partial charge in [0.15, 0.2) is 6.10 Å². The molecule has 0 saturated heterocycles. The van der Waals surface area contributed by atoms with Crippen LogP contribution >= 0.6 is 7.82 Å². The second-order valence-corrected chi connectivity index (χ2v) is 28.0. The van der Waals surface area contributed by atoms with Gasteiger partial charge in [-0.15, -0.1) is 0 Å². The molecule has 2 atom stereocenters. The molecule has 0 saturated carbocycles. The van der Waals surface area contributed by atoms with Crippen molar-refractivity contribution in [1.29, 1.82) is 0 Å². The van der Waals surface area contributed by atoms with Crippen LogP contribution in [0, 0.1) is 0 Å². The summed E-state index contributed by atoms with van der Waals surface area (Å²) in [6.07, 6.45) is 102. The highest BCUT2D eigenvalue weighted by Crippen LogP contribution is 2.43. The number of hydrogen-bond acceptors (Lipinski definition) is 8. The lowest BCUT2D eigenvalue weighted by Crippen LogP contribution is -2.29. The molecule has 532 valence electrons. The lowest BCUT2D eigenvalue weighted by Gasteiger charge is -2.19. The number of phosphoric acid groups is 1. The van der Waals surface area contributed by atoms with Crippen molar-refractivity contribution < 1.29 is 37.6 Å². The molecule has 0 spiro atoms. The van der Waals surface area contributed by atoms with E-state index in [9.17, 15) is 19.0 Å². The monoisotopic (exact) mass is 1300 g/mol. The Kier molecular flexibility index (Phi) is 74.3. The summed E-state index contributed by atoms with van der Waals surface area (Å²) >= 11 is 0. The summed E-state index contributed by atoms with van der Waals surface area (Å²) in [7, 11) is -4.39. The highest BCUT2D eigenvalue weighted by Gasteiger charge is 2.26. The van der Waals surface area contributed by atoms with Gasteiger partial charge in [0, 0.05) is 19.4 Å². The Balaban J connectivity index is 3.76. The number of rotatable bonds is 75. The third kappa shape index (κ3) is 76.4. The van der Waals surface area contributed by atoms with Crippen LogP contribution in [0.3, 0.4) is 0 Å². The molecule has 0 aromatic carbocycles. The Hall–Kier alpha value is -2.55. The van der Waals surface area contributed by atoms with E-state index >= 15 is 0 Å². The van der Waals surface area contributed by atoms with Gasteiger partial charge in [-0.2, -0.15) is 0 Å². The molecule has 0 aromatic heterocycles. The lowest BCUT2D eigenvalue weighted by atomic mass is 10.0. The van der Waals surface area contributed by atoms with E-state index in [1.807, 2.05) is 0 Å². The van der Waals surface area contributed by atoms with Crippen LogP contribution in [0.25, 0.3) is 0 Å². The van der Waals surface area contributed by atoms with Crippen molar-refractivity contribution >= 4 is 19.8 Å². The molecule has 10 heteroatoms. The lowest BCUT2D eigenvalue weighted by molar-refractivity contribution is -0.161. The zero-order valence-corrected chi connectivity index (χ0v) is 61.0. The second kappa shape index (κ2) is 76.5. The van der Waals surface area contributed by atoms with Crippen LogP contribution in [-0.2, 0) is 32.7 Å². The molecule has 0 heterocycles. The molecule has 3 N–H and O–H groups in total. The summed E-state index contributed by atoms with van der Waals surface area (Å²) in [6, 6.07) is 0. The van der Waals surface area contributed by atoms with Crippen molar-refractivity contribution in [3.05, 3.63) is 72.9 Å². The number of carbonyl (C=O) groups is 2. The quantitative estimate of drug-likeness (QED) is 0.0264. The van der Waals surface area contributed by atoms with E-state index in [2.05, 4.69) is 86.8 Å². The molecule has 0 rings (SSSR count). The average molecular weight is 1300 g/mol. The van der Waals surface area contributed by atoms with E-state index in [4.69, 9.17) is 24.3 Å². The van der Waals surface area contributed by atoms with Gasteiger partial charge in [0.05, 0.1) is 13.2 Å². The SMILES string of the molecule is CC/C=C\C/C=C\C/C=C\C/C=C\C/C=C\C/C=C\CCCCCCCCCCCCCCCCCCCCCCCCC(=O)OC(COC(=O)CCCCCCCCCCCCCCCCCCCCCCCCCCCCCCC)COP(=O)(O)OCCN. The maximum absolute atomic E-state index is 12.8. The average Bonchev–Trinajstić information content (AvgIpc) is 3.74. The molecular formula is C81H150NO8P. The standard InChI is InChI=1S/C81H150NO8P/c1-3-5-7-9-11-13-15-17-19-21-23-25-27-29-31-33-34-35-36-37-38-39-40-41-42-43-44-46-48-50-52-54-56-58-60-62-64-66-68-70-72-74-81(84)90-79(78-89-91(85,86)88-76-75-82)77-87-80(83)73-71-69-67-65-63-61-59-57-55-53-51-49-47-45-32-30-28-26-24-22-20-18-16-14-12-10-8-6-4-2/h5,7,11,13,17,19,23,25,29,31,34-35,79H,3-4,6,8-10,12,14-16,18,20-22,24,26-28,30,32-33,36-78,82H2,1-2H3,(H,85,86)/b7-5-,13-11-,19-17-,25-23-,31-29-,35-34-. The predicted molar refractivity (Wildman–Crippen MR) is 395 cm³/mol. The molecule has 2 unspecified atom stereocenters. The van der Waals surface area contributed by atoms with Crippen molar-refractivity contribution in [2.45, 2.75) is 405 Å². The first-order valence-electron chi connectivity index (χ1n) is 39.4. The van der Waals surface area contributed by atoms with Gasteiger partial charge in [-0.05, 0) is 64.2 Å². The fourth-order valence-electron chi connectivity index (χ4n) is 11.8. The van der Waals surface area contributed by atoms with E-state index < -0.39 is 26.5 Å². The van der Waals surface area contributed by atoms with Crippen LogP contribution in [0.4, 0.5) is 0 Å². The second-order valence-electron chi connectivity index (χ2n) is 26.6. The highest BCUT2D eigenvalue weighted by atomic mass is 31.2. The third-order valence-electron chi connectivity index (χ3n) is 17.6. The van der Waals surface area contributed by atoms with Crippen LogP contribution in [0.2, 0.25) is 0 Å². The number of carbonyl (C=O) groups excluding carboxylic acids is 2. The van der Waals surface area contributed by atoms with Crippen LogP contribution in [-0.4, -0.2) is 49.3 Å². The molecule has 0 aliphatic carbocycles. The minimum Gasteiger partial charge on any atom is -0.462 e. The number of phosphoric ester groups is 1. The number of unbranched alkanes of at least 4 members (excludes halogenated alkanes) is 50. The highest BCUT2D eigenvalue weighted by molar-refractivity contribution is 7.47. The van der Waals surface area contributed by atoms with Crippen molar-refractivity contribution in [3.63, 3.8) is 0 Å².